The average molecular weight is 260 g/mol. The van der Waals surface area contributed by atoms with Gasteiger partial charge in [0.2, 0.25) is 0 Å². The molecule has 0 aliphatic carbocycles. The summed E-state index contributed by atoms with van der Waals surface area (Å²) in [6.07, 6.45) is 3.19. The molecule has 5 heteroatoms. The Morgan fingerprint density at radius 3 is 2.11 bits per heavy atom. The zero-order valence-corrected chi connectivity index (χ0v) is 12.5. The number of rotatable bonds is 1. The topological polar surface area (TPSA) is 55.1 Å². The first-order chi connectivity index (χ1) is 8.86. The van der Waals surface area contributed by atoms with E-state index in [1.54, 1.807) is 12.3 Å². The number of nitrogens with zero attached hydrogens (tertiary/aromatic N) is 2. The normalized spacial score (nSPS) is 19.3. The molecule has 0 radical (unpaired) electrons. The van der Waals surface area contributed by atoms with Crippen LogP contribution >= 0.6 is 0 Å². The van der Waals surface area contributed by atoms with E-state index in [-0.39, 0.29) is 11.2 Å². The summed E-state index contributed by atoms with van der Waals surface area (Å²) in [7, 11) is -0.458. The molecule has 2 rings (SSSR count). The highest BCUT2D eigenvalue weighted by molar-refractivity contribution is 6.62. The zero-order valence-electron chi connectivity index (χ0n) is 12.5. The lowest BCUT2D eigenvalue weighted by molar-refractivity contribution is 0.00578. The molecule has 1 fully saturated rings. The van der Waals surface area contributed by atoms with Crippen molar-refractivity contribution in [3.05, 3.63) is 24.0 Å². The smallest absolute Gasteiger partial charge is 0.399 e. The summed E-state index contributed by atoms with van der Waals surface area (Å²) >= 11 is 0. The van der Waals surface area contributed by atoms with Crippen molar-refractivity contribution in [2.24, 2.45) is 0 Å². The molecule has 0 N–H and O–H groups in total. The first-order valence-electron chi connectivity index (χ1n) is 6.56. The third-order valence-corrected chi connectivity index (χ3v) is 3.41. The molecule has 0 amide bonds. The van der Waals surface area contributed by atoms with E-state index in [9.17, 15) is 0 Å². The fourth-order valence-corrected chi connectivity index (χ4v) is 1.63. The second-order valence-electron chi connectivity index (χ2n) is 5.21. The molecule has 0 aromatic carbocycles. The maximum Gasteiger partial charge on any atom is 0.496 e. The fourth-order valence-electron chi connectivity index (χ4n) is 1.63. The Labute approximate surface area is 115 Å². The quantitative estimate of drug-likeness (QED) is 0.727. The minimum Gasteiger partial charge on any atom is -0.399 e. The molecule has 102 valence electrons. The highest BCUT2D eigenvalue weighted by Gasteiger charge is 2.51. The third kappa shape index (κ3) is 3.15. The van der Waals surface area contributed by atoms with Crippen molar-refractivity contribution in [2.45, 2.75) is 52.7 Å². The number of pyridine rings is 1. The van der Waals surface area contributed by atoms with Gasteiger partial charge in [-0.05, 0) is 33.8 Å². The van der Waals surface area contributed by atoms with Gasteiger partial charge >= 0.3 is 7.12 Å². The summed E-state index contributed by atoms with van der Waals surface area (Å²) in [4.78, 5) is 4.01. The van der Waals surface area contributed by atoms with E-state index < -0.39 is 7.12 Å². The zero-order chi connectivity index (χ0) is 14.7. The lowest BCUT2D eigenvalue weighted by atomic mass is 9.80. The van der Waals surface area contributed by atoms with Crippen LogP contribution in [0.1, 0.15) is 47.1 Å². The summed E-state index contributed by atoms with van der Waals surface area (Å²) in [6.45, 7) is 12.0. The lowest BCUT2D eigenvalue weighted by Gasteiger charge is -2.32. The van der Waals surface area contributed by atoms with Gasteiger partial charge in [-0.3, -0.25) is 4.98 Å². The largest absolute Gasteiger partial charge is 0.496 e. The summed E-state index contributed by atoms with van der Waals surface area (Å²) in [5.41, 5.74) is 0.542. The number of nitriles is 1. The van der Waals surface area contributed by atoms with E-state index in [0.717, 1.165) is 5.46 Å². The monoisotopic (exact) mass is 260 g/mol. The molecule has 1 aliphatic rings. The molecule has 0 saturated carbocycles. The maximum absolute atomic E-state index is 8.84. The summed E-state index contributed by atoms with van der Waals surface area (Å²) in [6, 6.07) is 3.80. The fraction of sp³-hybridized carbons (Fsp3) is 0.571. The molecule has 4 nitrogen and oxygen atoms in total. The van der Waals surface area contributed by atoms with Crippen LogP contribution in [-0.2, 0) is 9.31 Å². The van der Waals surface area contributed by atoms with Gasteiger partial charge in [0.25, 0.3) is 0 Å². The van der Waals surface area contributed by atoms with Gasteiger partial charge in [0.15, 0.2) is 0 Å². The van der Waals surface area contributed by atoms with Crippen LogP contribution in [0, 0.1) is 11.3 Å². The van der Waals surface area contributed by atoms with Crippen molar-refractivity contribution >= 4 is 12.6 Å². The molecule has 1 aliphatic heterocycles. The van der Waals surface area contributed by atoms with Crippen LogP contribution in [-0.4, -0.2) is 23.3 Å². The van der Waals surface area contributed by atoms with Crippen LogP contribution < -0.4 is 5.46 Å². The Kier molecular flexibility index (Phi) is 4.73. The molecule has 1 aromatic heterocycles. The highest BCUT2D eigenvalue weighted by atomic mass is 16.7. The van der Waals surface area contributed by atoms with Crippen LogP contribution in [0.3, 0.4) is 0 Å². The van der Waals surface area contributed by atoms with Gasteiger partial charge in [0, 0.05) is 17.9 Å². The Balaban J connectivity index is 0.000000861. The van der Waals surface area contributed by atoms with Crippen LogP contribution in [0.5, 0.6) is 0 Å². The second kappa shape index (κ2) is 5.73. The van der Waals surface area contributed by atoms with Crippen LogP contribution in [0.4, 0.5) is 0 Å². The molecule has 0 spiro atoms. The average Bonchev–Trinajstić information content (AvgIpc) is 2.61. The van der Waals surface area contributed by atoms with Gasteiger partial charge in [-0.1, -0.05) is 13.8 Å². The summed E-state index contributed by atoms with van der Waals surface area (Å²) in [5, 5.41) is 8.84. The van der Waals surface area contributed by atoms with Gasteiger partial charge in [0.05, 0.1) is 16.8 Å². The molecular formula is C14H21BN2O2. The molecule has 0 atom stereocenters. The Morgan fingerprint density at radius 2 is 1.63 bits per heavy atom. The summed E-state index contributed by atoms with van der Waals surface area (Å²) in [5.74, 6) is 0. The van der Waals surface area contributed by atoms with E-state index in [1.807, 2.05) is 41.5 Å². The molecule has 19 heavy (non-hydrogen) atoms. The van der Waals surface area contributed by atoms with Gasteiger partial charge in [0.1, 0.15) is 6.07 Å². The SMILES string of the molecule is CC.CC1(C)OB(c2cncc(C#N)c2)OC1(C)C. The van der Waals surface area contributed by atoms with Crippen molar-refractivity contribution in [3.8, 4) is 6.07 Å². The van der Waals surface area contributed by atoms with E-state index >= 15 is 0 Å². The van der Waals surface area contributed by atoms with Gasteiger partial charge in [-0.2, -0.15) is 5.26 Å². The number of hydrogen-bond acceptors (Lipinski definition) is 4. The Hall–Kier alpha value is -1.38. The second-order valence-corrected chi connectivity index (χ2v) is 5.21. The number of aromatic nitrogens is 1. The van der Waals surface area contributed by atoms with Crippen molar-refractivity contribution in [1.29, 1.82) is 5.26 Å². The van der Waals surface area contributed by atoms with Crippen molar-refractivity contribution in [3.63, 3.8) is 0 Å². The lowest BCUT2D eigenvalue weighted by Crippen LogP contribution is -2.41. The molecule has 0 bridgehead atoms. The Morgan fingerprint density at radius 1 is 1.11 bits per heavy atom. The first kappa shape index (κ1) is 15.7. The van der Waals surface area contributed by atoms with Crippen molar-refractivity contribution < 1.29 is 9.31 Å². The van der Waals surface area contributed by atoms with E-state index in [1.165, 1.54) is 6.20 Å². The third-order valence-electron chi connectivity index (χ3n) is 3.41. The highest BCUT2D eigenvalue weighted by Crippen LogP contribution is 2.36. The molecule has 0 unspecified atom stereocenters. The standard InChI is InChI=1S/C12H15BN2O2.C2H6/c1-11(2)12(3,4)17-13(16-11)10-5-9(6-14)7-15-8-10;1-2/h5,7-8H,1-4H3;1-2H3. The summed E-state index contributed by atoms with van der Waals surface area (Å²) < 4.78 is 11.8. The molecule has 1 saturated heterocycles. The minimum absolute atomic E-state index is 0.375. The van der Waals surface area contributed by atoms with Crippen LogP contribution in [0.15, 0.2) is 18.5 Å². The van der Waals surface area contributed by atoms with Crippen LogP contribution in [0.25, 0.3) is 0 Å². The minimum atomic E-state index is -0.458. The molecule has 2 heterocycles. The van der Waals surface area contributed by atoms with Gasteiger partial charge in [-0.15, -0.1) is 0 Å². The van der Waals surface area contributed by atoms with Gasteiger partial charge < -0.3 is 9.31 Å². The number of hydrogen-bond donors (Lipinski definition) is 0. The maximum atomic E-state index is 8.84. The van der Waals surface area contributed by atoms with Crippen molar-refractivity contribution in [2.75, 3.05) is 0 Å². The van der Waals surface area contributed by atoms with E-state index in [4.69, 9.17) is 14.6 Å². The van der Waals surface area contributed by atoms with Gasteiger partial charge in [-0.25, -0.2) is 0 Å². The van der Waals surface area contributed by atoms with E-state index in [0.29, 0.717) is 5.56 Å². The predicted molar refractivity (Wildman–Crippen MR) is 76.0 cm³/mol. The first-order valence-corrected chi connectivity index (χ1v) is 6.56. The van der Waals surface area contributed by atoms with Crippen molar-refractivity contribution in [1.82, 2.24) is 4.98 Å². The predicted octanol–water partition coefficient (Wildman–Crippen LogP) is 2.28. The molecule has 1 aromatic rings. The molecular weight excluding hydrogens is 239 g/mol. The van der Waals surface area contributed by atoms with Crippen LogP contribution in [0.2, 0.25) is 0 Å². The van der Waals surface area contributed by atoms with E-state index in [2.05, 4.69) is 11.1 Å². The Bertz CT molecular complexity index is 465.